The Morgan fingerprint density at radius 2 is 2.50 bits per heavy atom. The minimum absolute atomic E-state index is 0.0255. The number of hydrogen-bond donors (Lipinski definition) is 2. The maximum absolute atomic E-state index is 11.7. The maximum Gasteiger partial charge on any atom is 0.251 e. The molecule has 2 unspecified atom stereocenters. The predicted molar refractivity (Wildman–Crippen MR) is 57.7 cm³/mol. The van der Waals surface area contributed by atoms with Crippen molar-refractivity contribution in [1.82, 2.24) is 10.2 Å². The second-order valence-corrected chi connectivity index (χ2v) is 3.59. The van der Waals surface area contributed by atoms with Gasteiger partial charge in [0, 0.05) is 6.61 Å². The number of hydrogen-bond acceptors (Lipinski definition) is 3. The standard InChI is InChI=1S/C9H14N2O2S/c1-3-6(2)11-8(13)7(4-5-12)10-9(11)14/h3,6-7,12H,1,4-5H2,2H3,(H,10,14). The van der Waals surface area contributed by atoms with Gasteiger partial charge in [0.2, 0.25) is 0 Å². The molecule has 5 heteroatoms. The summed E-state index contributed by atoms with van der Waals surface area (Å²) in [5, 5.41) is 12.0. The molecule has 1 rings (SSSR count). The van der Waals surface area contributed by atoms with Gasteiger partial charge in [-0.05, 0) is 25.6 Å². The van der Waals surface area contributed by atoms with E-state index in [0.717, 1.165) is 0 Å². The van der Waals surface area contributed by atoms with Crippen LogP contribution in [-0.4, -0.2) is 39.7 Å². The highest BCUT2D eigenvalue weighted by atomic mass is 32.1. The summed E-state index contributed by atoms with van der Waals surface area (Å²) in [5.74, 6) is -0.0866. The maximum atomic E-state index is 11.7. The Hall–Kier alpha value is -0.940. The average molecular weight is 214 g/mol. The van der Waals surface area contributed by atoms with E-state index in [4.69, 9.17) is 17.3 Å². The highest BCUT2D eigenvalue weighted by Gasteiger charge is 2.36. The quantitative estimate of drug-likeness (QED) is 0.512. The molecular weight excluding hydrogens is 200 g/mol. The zero-order valence-electron chi connectivity index (χ0n) is 8.06. The lowest BCUT2D eigenvalue weighted by Crippen LogP contribution is -2.37. The summed E-state index contributed by atoms with van der Waals surface area (Å²) in [6, 6.07) is -0.485. The SMILES string of the molecule is C=CC(C)N1C(=O)C(CCO)NC1=S. The van der Waals surface area contributed by atoms with Gasteiger partial charge in [-0.2, -0.15) is 0 Å². The first-order valence-electron chi connectivity index (χ1n) is 4.48. The predicted octanol–water partition coefficient (Wildman–Crippen LogP) is 0.0286. The Morgan fingerprint density at radius 3 is 3.00 bits per heavy atom. The van der Waals surface area contributed by atoms with E-state index in [1.54, 1.807) is 6.08 Å². The van der Waals surface area contributed by atoms with Crippen LogP contribution >= 0.6 is 12.2 Å². The number of amides is 1. The van der Waals surface area contributed by atoms with E-state index in [0.29, 0.717) is 11.5 Å². The van der Waals surface area contributed by atoms with Gasteiger partial charge in [0.15, 0.2) is 5.11 Å². The van der Waals surface area contributed by atoms with E-state index in [9.17, 15) is 4.79 Å². The van der Waals surface area contributed by atoms with Crippen molar-refractivity contribution < 1.29 is 9.90 Å². The summed E-state index contributed by atoms with van der Waals surface area (Å²) in [5.41, 5.74) is 0. The van der Waals surface area contributed by atoms with Crippen molar-refractivity contribution in [1.29, 1.82) is 0 Å². The third kappa shape index (κ3) is 1.93. The summed E-state index contributed by atoms with van der Waals surface area (Å²) in [6.45, 7) is 5.44. The van der Waals surface area contributed by atoms with Crippen LogP contribution in [0.15, 0.2) is 12.7 Å². The highest BCUT2D eigenvalue weighted by Crippen LogP contribution is 2.13. The lowest BCUT2D eigenvalue weighted by atomic mass is 10.2. The Bertz CT molecular complexity index is 268. The summed E-state index contributed by atoms with van der Waals surface area (Å²) < 4.78 is 0. The molecule has 14 heavy (non-hydrogen) atoms. The lowest BCUT2D eigenvalue weighted by molar-refractivity contribution is -0.128. The Kier molecular flexibility index (Phi) is 3.60. The van der Waals surface area contributed by atoms with Gasteiger partial charge in [0.25, 0.3) is 5.91 Å². The third-order valence-electron chi connectivity index (χ3n) is 2.22. The number of rotatable bonds is 4. The Balaban J connectivity index is 2.74. The first-order valence-corrected chi connectivity index (χ1v) is 4.89. The third-order valence-corrected chi connectivity index (χ3v) is 2.53. The summed E-state index contributed by atoms with van der Waals surface area (Å²) in [4.78, 5) is 13.2. The molecular formula is C9H14N2O2S. The van der Waals surface area contributed by atoms with Gasteiger partial charge < -0.3 is 10.4 Å². The van der Waals surface area contributed by atoms with Gasteiger partial charge in [-0.1, -0.05) is 6.08 Å². The normalized spacial score (nSPS) is 23.6. The van der Waals surface area contributed by atoms with Gasteiger partial charge in [-0.15, -0.1) is 6.58 Å². The smallest absolute Gasteiger partial charge is 0.251 e. The van der Waals surface area contributed by atoms with Gasteiger partial charge in [-0.3, -0.25) is 9.69 Å². The lowest BCUT2D eigenvalue weighted by Gasteiger charge is -2.19. The largest absolute Gasteiger partial charge is 0.396 e. The Morgan fingerprint density at radius 1 is 1.86 bits per heavy atom. The van der Waals surface area contributed by atoms with Crippen molar-refractivity contribution in [3.8, 4) is 0 Å². The van der Waals surface area contributed by atoms with Crippen LogP contribution in [0.2, 0.25) is 0 Å². The van der Waals surface area contributed by atoms with Crippen molar-refractivity contribution in [2.24, 2.45) is 0 Å². The molecule has 2 atom stereocenters. The molecule has 1 heterocycles. The Labute approximate surface area is 88.6 Å². The van der Waals surface area contributed by atoms with Crippen LogP contribution in [0.3, 0.4) is 0 Å². The molecule has 0 aromatic carbocycles. The monoisotopic (exact) mass is 214 g/mol. The number of aliphatic hydroxyl groups excluding tert-OH is 1. The van der Waals surface area contributed by atoms with E-state index >= 15 is 0 Å². The van der Waals surface area contributed by atoms with E-state index in [1.165, 1.54) is 4.90 Å². The summed E-state index contributed by atoms with van der Waals surface area (Å²) in [6.07, 6.45) is 2.05. The number of aliphatic hydroxyl groups is 1. The fourth-order valence-corrected chi connectivity index (χ4v) is 1.76. The topological polar surface area (TPSA) is 52.6 Å². The molecule has 78 valence electrons. The molecule has 1 aliphatic heterocycles. The molecule has 4 nitrogen and oxygen atoms in total. The summed E-state index contributed by atoms with van der Waals surface area (Å²) >= 11 is 5.02. The van der Waals surface area contributed by atoms with Gasteiger partial charge in [0.1, 0.15) is 6.04 Å². The molecule has 1 fully saturated rings. The van der Waals surface area contributed by atoms with Crippen LogP contribution in [0.5, 0.6) is 0 Å². The number of thiocarbonyl (C=S) groups is 1. The van der Waals surface area contributed by atoms with Gasteiger partial charge in [0.05, 0.1) is 6.04 Å². The van der Waals surface area contributed by atoms with Crippen molar-refractivity contribution in [2.75, 3.05) is 6.61 Å². The number of nitrogens with one attached hydrogen (secondary N) is 1. The van der Waals surface area contributed by atoms with Crippen molar-refractivity contribution in [3.63, 3.8) is 0 Å². The van der Waals surface area contributed by atoms with Gasteiger partial charge >= 0.3 is 0 Å². The molecule has 0 spiro atoms. The van der Waals surface area contributed by atoms with Crippen LogP contribution in [0.1, 0.15) is 13.3 Å². The van der Waals surface area contributed by atoms with E-state index in [-0.39, 0.29) is 24.6 Å². The fraction of sp³-hybridized carbons (Fsp3) is 0.556. The van der Waals surface area contributed by atoms with E-state index in [2.05, 4.69) is 11.9 Å². The molecule has 0 aromatic heterocycles. The first-order chi connectivity index (χ1) is 6.61. The molecule has 1 saturated heterocycles. The number of carbonyl (C=O) groups is 1. The molecule has 0 saturated carbocycles. The molecule has 0 aromatic rings. The molecule has 1 amide bonds. The van der Waals surface area contributed by atoms with Crippen molar-refractivity contribution in [3.05, 3.63) is 12.7 Å². The molecule has 1 aliphatic rings. The zero-order chi connectivity index (χ0) is 10.7. The van der Waals surface area contributed by atoms with Crippen LogP contribution < -0.4 is 5.32 Å². The van der Waals surface area contributed by atoms with Crippen LogP contribution in [0.4, 0.5) is 0 Å². The fourth-order valence-electron chi connectivity index (χ4n) is 1.36. The molecule has 2 N–H and O–H groups in total. The molecule has 0 radical (unpaired) electrons. The van der Waals surface area contributed by atoms with Gasteiger partial charge in [-0.25, -0.2) is 0 Å². The number of nitrogens with zero attached hydrogens (tertiary/aromatic N) is 1. The van der Waals surface area contributed by atoms with E-state index < -0.39 is 0 Å². The van der Waals surface area contributed by atoms with Crippen LogP contribution in [-0.2, 0) is 4.79 Å². The van der Waals surface area contributed by atoms with Crippen molar-refractivity contribution in [2.45, 2.75) is 25.4 Å². The second-order valence-electron chi connectivity index (χ2n) is 3.20. The highest BCUT2D eigenvalue weighted by molar-refractivity contribution is 7.80. The van der Waals surface area contributed by atoms with Crippen LogP contribution in [0.25, 0.3) is 0 Å². The molecule has 0 aliphatic carbocycles. The van der Waals surface area contributed by atoms with E-state index in [1.807, 2.05) is 6.92 Å². The number of carbonyl (C=O) groups excluding carboxylic acids is 1. The van der Waals surface area contributed by atoms with Crippen LogP contribution in [0, 0.1) is 0 Å². The minimum atomic E-state index is -0.380. The first kappa shape index (κ1) is 11.1. The second kappa shape index (κ2) is 4.52. The minimum Gasteiger partial charge on any atom is -0.396 e. The average Bonchev–Trinajstić information content (AvgIpc) is 2.42. The molecule has 0 bridgehead atoms. The van der Waals surface area contributed by atoms with Crippen molar-refractivity contribution >= 4 is 23.2 Å². The summed E-state index contributed by atoms with van der Waals surface area (Å²) in [7, 11) is 0. The zero-order valence-corrected chi connectivity index (χ0v) is 8.88.